The normalized spacial score (nSPS) is 13.1. The van der Waals surface area contributed by atoms with Gasteiger partial charge in [-0.05, 0) is 24.5 Å². The maximum atomic E-state index is 12.7. The van der Waals surface area contributed by atoms with Gasteiger partial charge in [0.2, 0.25) is 11.8 Å². The molecule has 0 fully saturated rings. The van der Waals surface area contributed by atoms with E-state index >= 15 is 0 Å². The van der Waals surface area contributed by atoms with Crippen LogP contribution in [0.4, 0.5) is 0 Å². The zero-order valence-electron chi connectivity index (χ0n) is 16.8. The Morgan fingerprint density at radius 3 is 2.50 bits per heavy atom. The summed E-state index contributed by atoms with van der Waals surface area (Å²) < 4.78 is 0. The summed E-state index contributed by atoms with van der Waals surface area (Å²) >= 11 is 0. The zero-order valence-corrected chi connectivity index (χ0v) is 16.8. The standard InChI is InChI=1S/C21H35N3O2/c1-5-7-8-9-10-14-19(25)24(4)20(17(3)6-2)21(26)23-16-18-13-11-12-15-22-18/h11-13,15,17,20H,5-10,14,16H2,1-4H3,(H,23,26)/t17-,20-/m0/s1. The van der Waals surface area contributed by atoms with E-state index in [1.807, 2.05) is 32.0 Å². The number of hydrogen-bond donors (Lipinski definition) is 1. The van der Waals surface area contributed by atoms with E-state index in [1.54, 1.807) is 18.1 Å². The monoisotopic (exact) mass is 361 g/mol. The number of hydrogen-bond acceptors (Lipinski definition) is 3. The predicted molar refractivity (Wildman–Crippen MR) is 105 cm³/mol. The Morgan fingerprint density at radius 1 is 1.15 bits per heavy atom. The van der Waals surface area contributed by atoms with Gasteiger partial charge in [0, 0.05) is 19.7 Å². The van der Waals surface area contributed by atoms with Crippen LogP contribution in [-0.2, 0) is 16.1 Å². The van der Waals surface area contributed by atoms with E-state index in [9.17, 15) is 9.59 Å². The molecule has 0 aliphatic rings. The smallest absolute Gasteiger partial charge is 0.243 e. The Bertz CT molecular complexity index is 533. The number of aromatic nitrogens is 1. The lowest BCUT2D eigenvalue weighted by molar-refractivity contribution is -0.141. The first-order valence-corrected chi connectivity index (χ1v) is 9.94. The number of carbonyl (C=O) groups is 2. The quantitative estimate of drug-likeness (QED) is 0.574. The molecule has 0 aliphatic carbocycles. The van der Waals surface area contributed by atoms with E-state index in [0.29, 0.717) is 13.0 Å². The minimum absolute atomic E-state index is 0.0554. The molecule has 0 spiro atoms. The van der Waals surface area contributed by atoms with E-state index in [2.05, 4.69) is 17.2 Å². The molecule has 26 heavy (non-hydrogen) atoms. The van der Waals surface area contributed by atoms with Gasteiger partial charge >= 0.3 is 0 Å². The Labute approximate surface area is 158 Å². The molecule has 0 aromatic carbocycles. The van der Waals surface area contributed by atoms with E-state index in [-0.39, 0.29) is 17.7 Å². The zero-order chi connectivity index (χ0) is 19.4. The predicted octanol–water partition coefficient (Wildman–Crippen LogP) is 3.93. The molecule has 2 amide bonds. The molecule has 146 valence electrons. The van der Waals surface area contributed by atoms with Crippen molar-refractivity contribution in [1.82, 2.24) is 15.2 Å². The van der Waals surface area contributed by atoms with Gasteiger partial charge in [-0.3, -0.25) is 14.6 Å². The minimum Gasteiger partial charge on any atom is -0.349 e. The fourth-order valence-corrected chi connectivity index (χ4v) is 3.04. The van der Waals surface area contributed by atoms with E-state index in [4.69, 9.17) is 0 Å². The molecule has 0 aliphatic heterocycles. The van der Waals surface area contributed by atoms with Gasteiger partial charge in [0.25, 0.3) is 0 Å². The first-order valence-electron chi connectivity index (χ1n) is 9.94. The largest absolute Gasteiger partial charge is 0.349 e. The number of unbranched alkanes of at least 4 members (excludes halogenated alkanes) is 4. The molecule has 1 aromatic heterocycles. The second kappa shape index (κ2) is 12.4. The van der Waals surface area contributed by atoms with Crippen molar-refractivity contribution in [3.8, 4) is 0 Å². The summed E-state index contributed by atoms with van der Waals surface area (Å²) in [7, 11) is 1.76. The maximum Gasteiger partial charge on any atom is 0.243 e. The molecule has 1 heterocycles. The highest BCUT2D eigenvalue weighted by Gasteiger charge is 2.30. The number of nitrogens with zero attached hydrogens (tertiary/aromatic N) is 2. The number of likely N-dealkylation sites (N-methyl/N-ethyl adjacent to an activating group) is 1. The Hall–Kier alpha value is -1.91. The van der Waals surface area contributed by atoms with E-state index < -0.39 is 6.04 Å². The molecule has 5 nitrogen and oxygen atoms in total. The van der Waals surface area contributed by atoms with Crippen LogP contribution < -0.4 is 5.32 Å². The molecular weight excluding hydrogens is 326 g/mol. The molecule has 1 aromatic rings. The number of rotatable bonds is 12. The van der Waals surface area contributed by atoms with Crippen molar-refractivity contribution >= 4 is 11.8 Å². The summed E-state index contributed by atoms with van der Waals surface area (Å²) in [6, 6.07) is 5.19. The van der Waals surface area contributed by atoms with Gasteiger partial charge in [0.15, 0.2) is 0 Å². The van der Waals surface area contributed by atoms with Crippen molar-refractivity contribution in [2.24, 2.45) is 5.92 Å². The van der Waals surface area contributed by atoms with Crippen LogP contribution >= 0.6 is 0 Å². The number of pyridine rings is 1. The van der Waals surface area contributed by atoms with Crippen LogP contribution in [0.1, 0.15) is 71.4 Å². The second-order valence-electron chi connectivity index (χ2n) is 7.04. The third-order valence-electron chi connectivity index (χ3n) is 4.93. The third-order valence-corrected chi connectivity index (χ3v) is 4.93. The van der Waals surface area contributed by atoms with Gasteiger partial charge in [-0.15, -0.1) is 0 Å². The molecule has 2 atom stereocenters. The highest BCUT2D eigenvalue weighted by Crippen LogP contribution is 2.16. The average molecular weight is 362 g/mol. The molecular formula is C21H35N3O2. The first kappa shape index (κ1) is 22.1. The summed E-state index contributed by atoms with van der Waals surface area (Å²) in [5, 5.41) is 2.94. The summed E-state index contributed by atoms with van der Waals surface area (Å²) in [4.78, 5) is 31.2. The molecule has 1 rings (SSSR count). The summed E-state index contributed by atoms with van der Waals surface area (Å²) in [5.41, 5.74) is 0.814. The third kappa shape index (κ3) is 7.54. The van der Waals surface area contributed by atoms with E-state index in [1.165, 1.54) is 19.3 Å². The fraction of sp³-hybridized carbons (Fsp3) is 0.667. The number of amides is 2. The van der Waals surface area contributed by atoms with Crippen LogP contribution in [0.15, 0.2) is 24.4 Å². The van der Waals surface area contributed by atoms with Crippen molar-refractivity contribution < 1.29 is 9.59 Å². The maximum absolute atomic E-state index is 12.7. The minimum atomic E-state index is -0.438. The van der Waals surface area contributed by atoms with Gasteiger partial charge in [-0.25, -0.2) is 0 Å². The van der Waals surface area contributed by atoms with Gasteiger partial charge in [0.1, 0.15) is 6.04 Å². The van der Waals surface area contributed by atoms with Gasteiger partial charge in [-0.1, -0.05) is 58.9 Å². The summed E-state index contributed by atoms with van der Waals surface area (Å²) in [5.74, 6) is 0.0550. The molecule has 0 radical (unpaired) electrons. The second-order valence-corrected chi connectivity index (χ2v) is 7.04. The molecule has 5 heteroatoms. The van der Waals surface area contributed by atoms with Crippen LogP contribution in [0.5, 0.6) is 0 Å². The lowest BCUT2D eigenvalue weighted by atomic mass is 9.96. The highest BCUT2D eigenvalue weighted by atomic mass is 16.2. The van der Waals surface area contributed by atoms with Crippen LogP contribution in [0.3, 0.4) is 0 Å². The van der Waals surface area contributed by atoms with Crippen LogP contribution in [-0.4, -0.2) is 34.8 Å². The summed E-state index contributed by atoms with van der Waals surface area (Å²) in [6.07, 6.45) is 8.63. The lowest BCUT2D eigenvalue weighted by Crippen LogP contribution is -2.50. The molecule has 1 N–H and O–H groups in total. The van der Waals surface area contributed by atoms with Crippen LogP contribution in [0.2, 0.25) is 0 Å². The van der Waals surface area contributed by atoms with Crippen LogP contribution in [0.25, 0.3) is 0 Å². The molecule has 0 saturated carbocycles. The van der Waals surface area contributed by atoms with Crippen molar-refractivity contribution in [3.63, 3.8) is 0 Å². The Kier molecular flexibility index (Phi) is 10.6. The summed E-state index contributed by atoms with van der Waals surface area (Å²) in [6.45, 7) is 6.63. The van der Waals surface area contributed by atoms with Crippen molar-refractivity contribution in [1.29, 1.82) is 0 Å². The van der Waals surface area contributed by atoms with Gasteiger partial charge < -0.3 is 10.2 Å². The fourth-order valence-electron chi connectivity index (χ4n) is 3.04. The van der Waals surface area contributed by atoms with Crippen molar-refractivity contribution in [3.05, 3.63) is 30.1 Å². The molecule has 0 bridgehead atoms. The number of nitrogens with one attached hydrogen (secondary N) is 1. The molecule has 0 unspecified atom stereocenters. The van der Waals surface area contributed by atoms with Gasteiger partial charge in [-0.2, -0.15) is 0 Å². The number of carbonyl (C=O) groups excluding carboxylic acids is 2. The average Bonchev–Trinajstić information content (AvgIpc) is 2.66. The lowest BCUT2D eigenvalue weighted by Gasteiger charge is -2.31. The first-order chi connectivity index (χ1) is 12.5. The van der Waals surface area contributed by atoms with Crippen LogP contribution in [0, 0.1) is 5.92 Å². The highest BCUT2D eigenvalue weighted by molar-refractivity contribution is 5.87. The van der Waals surface area contributed by atoms with E-state index in [0.717, 1.165) is 25.0 Å². The Morgan fingerprint density at radius 2 is 1.88 bits per heavy atom. The van der Waals surface area contributed by atoms with Crippen molar-refractivity contribution in [2.75, 3.05) is 7.05 Å². The van der Waals surface area contributed by atoms with Crippen molar-refractivity contribution in [2.45, 2.75) is 78.3 Å². The topological polar surface area (TPSA) is 62.3 Å². The Balaban J connectivity index is 2.60. The SMILES string of the molecule is CCCCCCCC(=O)N(C)[C@H](C(=O)NCc1ccccn1)[C@@H](C)CC. The van der Waals surface area contributed by atoms with Gasteiger partial charge in [0.05, 0.1) is 12.2 Å². The molecule has 0 saturated heterocycles.